The highest BCUT2D eigenvalue weighted by atomic mass is 16.5. The molecule has 0 aliphatic heterocycles. The van der Waals surface area contributed by atoms with Gasteiger partial charge in [-0.05, 0) is 5.21 Å². The Morgan fingerprint density at radius 1 is 1.25 bits per heavy atom. The van der Waals surface area contributed by atoms with E-state index in [1.807, 2.05) is 0 Å². The number of nitrogens with two attached hydrogens (primary N) is 2. The average molecular weight is 173 g/mol. The van der Waals surface area contributed by atoms with Crippen molar-refractivity contribution >= 4 is 18.8 Å². The van der Waals surface area contributed by atoms with Gasteiger partial charge in [0, 0.05) is 0 Å². The molecule has 0 radical (unpaired) electrons. The summed E-state index contributed by atoms with van der Waals surface area (Å²) in [5.74, 6) is 0.222. The van der Waals surface area contributed by atoms with Gasteiger partial charge in [0.05, 0.1) is 11.9 Å². The summed E-state index contributed by atoms with van der Waals surface area (Å²) in [6.45, 7) is 0. The number of hydrogen-bond acceptors (Lipinski definition) is 8. The van der Waals surface area contributed by atoms with Crippen molar-refractivity contribution in [3.05, 3.63) is 6.20 Å². The van der Waals surface area contributed by atoms with E-state index in [4.69, 9.17) is 26.5 Å². The van der Waals surface area contributed by atoms with Crippen molar-refractivity contribution < 1.29 is 15.1 Å². The topological polar surface area (TPSA) is 151 Å². The number of rotatable bonds is 0. The monoisotopic (exact) mass is 173 g/mol. The average Bonchev–Trinajstić information content (AvgIpc) is 1.94. The summed E-state index contributed by atoms with van der Waals surface area (Å²) >= 11 is 0. The van der Waals surface area contributed by atoms with Crippen LogP contribution in [-0.4, -0.2) is 37.8 Å². The molecule has 12 heavy (non-hydrogen) atoms. The molecular formula is C3H8BN5O3. The normalized spacial score (nSPS) is 8.25. The molecule has 0 aliphatic carbocycles. The first kappa shape index (κ1) is 10.6. The lowest BCUT2D eigenvalue weighted by atomic mass is 10.3. The Balaban J connectivity index is 0.000000261. The quantitative estimate of drug-likeness (QED) is 0.260. The molecule has 1 rings (SSSR count). The third-order valence-corrected chi connectivity index (χ3v) is 0.697. The highest BCUT2D eigenvalue weighted by Gasteiger charge is 1.92. The van der Waals surface area contributed by atoms with Crippen molar-refractivity contribution in [2.45, 2.75) is 0 Å². The second-order valence-corrected chi connectivity index (χ2v) is 1.62. The Hall–Kier alpha value is -1.45. The minimum atomic E-state index is -2.17. The molecule has 0 atom stereocenters. The SMILES string of the molecule is Nc1cnnnc1N.OB(O)O. The van der Waals surface area contributed by atoms with Crippen LogP contribution >= 0.6 is 0 Å². The lowest BCUT2D eigenvalue weighted by molar-refractivity contribution is 0.278. The van der Waals surface area contributed by atoms with Gasteiger partial charge in [0.15, 0.2) is 5.82 Å². The third kappa shape index (κ3) is 5.35. The van der Waals surface area contributed by atoms with Crippen LogP contribution < -0.4 is 11.5 Å². The molecular weight excluding hydrogens is 165 g/mol. The molecule has 1 aromatic rings. The van der Waals surface area contributed by atoms with E-state index in [-0.39, 0.29) is 5.82 Å². The number of hydrogen-bond donors (Lipinski definition) is 5. The predicted molar refractivity (Wildman–Crippen MR) is 41.1 cm³/mol. The highest BCUT2D eigenvalue weighted by molar-refractivity contribution is 6.30. The van der Waals surface area contributed by atoms with Crippen LogP contribution in [0.4, 0.5) is 11.5 Å². The van der Waals surface area contributed by atoms with Crippen LogP contribution in [0.1, 0.15) is 0 Å². The molecule has 0 bridgehead atoms. The zero-order valence-corrected chi connectivity index (χ0v) is 5.99. The number of nitrogen functional groups attached to an aromatic ring is 2. The Bertz CT molecular complexity index is 209. The molecule has 66 valence electrons. The molecule has 0 saturated carbocycles. The first-order chi connectivity index (χ1) is 5.54. The Morgan fingerprint density at radius 2 is 1.75 bits per heavy atom. The molecule has 0 unspecified atom stereocenters. The smallest absolute Gasteiger partial charge is 0.402 e. The van der Waals surface area contributed by atoms with Crippen molar-refractivity contribution in [3.8, 4) is 0 Å². The molecule has 1 heterocycles. The van der Waals surface area contributed by atoms with Crippen LogP contribution in [0.3, 0.4) is 0 Å². The number of nitrogens with zero attached hydrogens (tertiary/aromatic N) is 3. The summed E-state index contributed by atoms with van der Waals surface area (Å²) in [6.07, 6.45) is 1.35. The van der Waals surface area contributed by atoms with Gasteiger partial charge < -0.3 is 26.5 Å². The number of anilines is 2. The zero-order chi connectivity index (χ0) is 9.56. The molecule has 1 aromatic heterocycles. The summed E-state index contributed by atoms with van der Waals surface area (Å²) in [5, 5.41) is 31.5. The maximum Gasteiger partial charge on any atom is 0.631 e. The van der Waals surface area contributed by atoms with Gasteiger partial charge in [0.2, 0.25) is 0 Å². The third-order valence-electron chi connectivity index (χ3n) is 0.697. The van der Waals surface area contributed by atoms with E-state index in [1.165, 1.54) is 6.20 Å². The van der Waals surface area contributed by atoms with Crippen molar-refractivity contribution in [3.63, 3.8) is 0 Å². The second kappa shape index (κ2) is 5.24. The van der Waals surface area contributed by atoms with Crippen LogP contribution in [0.2, 0.25) is 0 Å². The fraction of sp³-hybridized carbons (Fsp3) is 0. The molecule has 0 amide bonds. The van der Waals surface area contributed by atoms with Gasteiger partial charge in [-0.1, -0.05) is 0 Å². The zero-order valence-electron chi connectivity index (χ0n) is 5.99. The molecule has 0 spiro atoms. The van der Waals surface area contributed by atoms with Crippen molar-refractivity contribution in [2.24, 2.45) is 0 Å². The van der Waals surface area contributed by atoms with E-state index >= 15 is 0 Å². The first-order valence-corrected chi connectivity index (χ1v) is 2.77. The maximum absolute atomic E-state index is 7.17. The maximum atomic E-state index is 7.17. The first-order valence-electron chi connectivity index (χ1n) is 2.77. The largest absolute Gasteiger partial charge is 0.631 e. The molecule has 9 heteroatoms. The summed E-state index contributed by atoms with van der Waals surface area (Å²) in [6, 6.07) is 0. The summed E-state index contributed by atoms with van der Waals surface area (Å²) in [5.41, 5.74) is 10.8. The van der Waals surface area contributed by atoms with Gasteiger partial charge in [0.1, 0.15) is 0 Å². The van der Waals surface area contributed by atoms with E-state index in [2.05, 4.69) is 15.4 Å². The predicted octanol–water partition coefficient (Wildman–Crippen LogP) is -3.02. The minimum absolute atomic E-state index is 0.222. The summed E-state index contributed by atoms with van der Waals surface area (Å²) < 4.78 is 0. The van der Waals surface area contributed by atoms with Crippen LogP contribution in [0.5, 0.6) is 0 Å². The molecule has 0 saturated heterocycles. The van der Waals surface area contributed by atoms with Crippen LogP contribution in [0.15, 0.2) is 6.20 Å². The van der Waals surface area contributed by atoms with Crippen molar-refractivity contribution in [1.29, 1.82) is 0 Å². The van der Waals surface area contributed by atoms with Gasteiger partial charge in [-0.15, -0.1) is 10.2 Å². The summed E-state index contributed by atoms with van der Waals surface area (Å²) in [7, 11) is -2.17. The Morgan fingerprint density at radius 3 is 2.00 bits per heavy atom. The van der Waals surface area contributed by atoms with Crippen molar-refractivity contribution in [2.75, 3.05) is 11.5 Å². The molecule has 0 fully saturated rings. The fourth-order valence-electron chi connectivity index (χ4n) is 0.286. The fourth-order valence-corrected chi connectivity index (χ4v) is 0.286. The molecule has 0 aliphatic rings. The molecule has 7 N–H and O–H groups in total. The van der Waals surface area contributed by atoms with E-state index in [1.54, 1.807) is 0 Å². The van der Waals surface area contributed by atoms with Crippen LogP contribution in [-0.2, 0) is 0 Å². The van der Waals surface area contributed by atoms with Gasteiger partial charge >= 0.3 is 7.32 Å². The Kier molecular flexibility index (Phi) is 4.61. The number of aromatic nitrogens is 3. The van der Waals surface area contributed by atoms with Crippen LogP contribution in [0.25, 0.3) is 0 Å². The lowest BCUT2D eigenvalue weighted by Gasteiger charge is -1.90. The van der Waals surface area contributed by atoms with E-state index < -0.39 is 7.32 Å². The lowest BCUT2D eigenvalue weighted by Crippen LogP contribution is -2.07. The van der Waals surface area contributed by atoms with Gasteiger partial charge in [0.25, 0.3) is 0 Å². The molecule has 8 nitrogen and oxygen atoms in total. The minimum Gasteiger partial charge on any atom is -0.402 e. The highest BCUT2D eigenvalue weighted by Crippen LogP contribution is 2.02. The van der Waals surface area contributed by atoms with Gasteiger partial charge in [-0.3, -0.25) is 0 Å². The van der Waals surface area contributed by atoms with E-state index in [0.717, 1.165) is 0 Å². The Labute approximate surface area is 68.0 Å². The standard InChI is InChI=1S/C3H5N5.BH3O3/c4-2-1-6-8-7-3(2)5;2-1(3)4/h1H,(H2,4,8)(H2,5,6,7);2-4H. The van der Waals surface area contributed by atoms with Gasteiger partial charge in [-0.2, -0.15) is 0 Å². The van der Waals surface area contributed by atoms with Crippen molar-refractivity contribution in [1.82, 2.24) is 15.4 Å². The summed E-state index contributed by atoms with van der Waals surface area (Å²) in [4.78, 5) is 0. The second-order valence-electron chi connectivity index (χ2n) is 1.62. The van der Waals surface area contributed by atoms with E-state index in [9.17, 15) is 0 Å². The van der Waals surface area contributed by atoms with E-state index in [0.29, 0.717) is 5.69 Å². The molecule has 0 aromatic carbocycles. The van der Waals surface area contributed by atoms with Gasteiger partial charge in [-0.25, -0.2) is 0 Å². The van der Waals surface area contributed by atoms with Crippen LogP contribution in [0, 0.1) is 0 Å².